The van der Waals surface area contributed by atoms with Crippen LogP contribution in [0, 0.1) is 5.92 Å². The van der Waals surface area contributed by atoms with Gasteiger partial charge in [-0.05, 0) is 30.4 Å². The van der Waals surface area contributed by atoms with E-state index in [1.165, 1.54) is 17.6 Å². The maximum Gasteiger partial charge on any atom is 0.348 e. The fourth-order valence-corrected chi connectivity index (χ4v) is 4.34. The van der Waals surface area contributed by atoms with Crippen molar-refractivity contribution in [1.29, 1.82) is 0 Å². The van der Waals surface area contributed by atoms with Crippen LogP contribution in [0.15, 0.2) is 48.0 Å². The predicted molar refractivity (Wildman–Crippen MR) is 102 cm³/mol. The number of methoxy groups -OCH3 is 1. The molecular weight excluding hydrogens is 364 g/mol. The van der Waals surface area contributed by atoms with Gasteiger partial charge in [0.25, 0.3) is 0 Å². The zero-order valence-corrected chi connectivity index (χ0v) is 15.7. The molecule has 0 N–H and O–H groups in total. The number of ketones is 1. The number of thiophene rings is 1. The minimum atomic E-state index is -0.305. The van der Waals surface area contributed by atoms with Gasteiger partial charge in [-0.1, -0.05) is 24.3 Å². The smallest absolute Gasteiger partial charge is 0.348 e. The highest BCUT2D eigenvalue weighted by atomic mass is 32.1. The van der Waals surface area contributed by atoms with Gasteiger partial charge in [-0.3, -0.25) is 4.79 Å². The first-order valence-electron chi connectivity index (χ1n) is 8.95. The molecule has 0 bridgehead atoms. The van der Waals surface area contributed by atoms with Gasteiger partial charge in [-0.15, -0.1) is 11.3 Å². The molecule has 6 heteroatoms. The molecule has 1 saturated carbocycles. The van der Waals surface area contributed by atoms with E-state index in [-0.39, 0.29) is 29.9 Å². The molecule has 1 fully saturated rings. The molecule has 4 rings (SSSR count). The average molecular weight is 384 g/mol. The Morgan fingerprint density at radius 1 is 1.19 bits per heavy atom. The zero-order valence-electron chi connectivity index (χ0n) is 14.9. The summed E-state index contributed by atoms with van der Waals surface area (Å²) in [6.07, 6.45) is 2.87. The quantitative estimate of drug-likeness (QED) is 0.743. The highest BCUT2D eigenvalue weighted by molar-refractivity contribution is 7.11. The molecule has 1 aliphatic carbocycles. The van der Waals surface area contributed by atoms with Crippen LogP contribution in [0.3, 0.4) is 0 Å². The predicted octanol–water partition coefficient (Wildman–Crippen LogP) is 4.09. The Labute approximate surface area is 161 Å². The molecule has 0 saturated heterocycles. The number of benzene rings is 1. The number of ether oxygens (including phenoxy) is 3. The number of hydrogen-bond donors (Lipinski definition) is 0. The highest BCUT2D eigenvalue weighted by Gasteiger charge is 2.42. The lowest BCUT2D eigenvalue weighted by molar-refractivity contribution is -0.126. The van der Waals surface area contributed by atoms with Crippen LogP contribution >= 0.6 is 11.3 Å². The SMILES string of the molecule is COc1ccccc1C1=COC2CC(OC(=O)c3cccs3)CCC2C1=O. The van der Waals surface area contributed by atoms with Crippen molar-refractivity contribution >= 4 is 28.7 Å². The fraction of sp³-hybridized carbons (Fsp3) is 0.333. The van der Waals surface area contributed by atoms with Crippen LogP contribution in [0.25, 0.3) is 5.57 Å². The summed E-state index contributed by atoms with van der Waals surface area (Å²) in [5.41, 5.74) is 1.29. The van der Waals surface area contributed by atoms with Crippen molar-refractivity contribution in [2.24, 2.45) is 5.92 Å². The summed E-state index contributed by atoms with van der Waals surface area (Å²) in [6.45, 7) is 0. The first kappa shape index (κ1) is 17.8. The van der Waals surface area contributed by atoms with E-state index in [2.05, 4.69) is 0 Å². The Morgan fingerprint density at radius 2 is 2.04 bits per heavy atom. The van der Waals surface area contributed by atoms with E-state index in [1.807, 2.05) is 35.7 Å². The Kier molecular flexibility index (Phi) is 4.99. The Morgan fingerprint density at radius 3 is 2.81 bits per heavy atom. The van der Waals surface area contributed by atoms with Crippen LogP contribution < -0.4 is 4.74 Å². The van der Waals surface area contributed by atoms with Crippen molar-refractivity contribution in [1.82, 2.24) is 0 Å². The molecule has 2 aromatic rings. The Balaban J connectivity index is 1.47. The van der Waals surface area contributed by atoms with Gasteiger partial charge in [0.15, 0.2) is 5.78 Å². The molecule has 1 aromatic carbocycles. The van der Waals surface area contributed by atoms with Gasteiger partial charge in [-0.2, -0.15) is 0 Å². The number of Topliss-reactive ketones (excluding diaryl/α,β-unsaturated/α-hetero) is 1. The molecule has 0 spiro atoms. The van der Waals surface area contributed by atoms with Crippen molar-refractivity contribution in [2.45, 2.75) is 31.5 Å². The van der Waals surface area contributed by atoms with E-state index in [4.69, 9.17) is 14.2 Å². The Bertz CT molecular complexity index is 870. The van der Waals surface area contributed by atoms with Crippen LogP contribution in [-0.2, 0) is 14.3 Å². The minimum absolute atomic E-state index is 0.0683. The normalized spacial score (nSPS) is 24.4. The zero-order chi connectivity index (χ0) is 18.8. The van der Waals surface area contributed by atoms with Crippen LogP contribution in [0.5, 0.6) is 5.75 Å². The molecule has 0 radical (unpaired) electrons. The molecule has 1 aliphatic heterocycles. The topological polar surface area (TPSA) is 61.8 Å². The summed E-state index contributed by atoms with van der Waals surface area (Å²) in [6, 6.07) is 11.0. The van der Waals surface area contributed by atoms with Crippen molar-refractivity contribution in [3.63, 3.8) is 0 Å². The summed E-state index contributed by atoms with van der Waals surface area (Å²) in [5, 5.41) is 1.85. The van der Waals surface area contributed by atoms with E-state index in [9.17, 15) is 9.59 Å². The number of esters is 1. The number of carbonyl (C=O) groups excluding carboxylic acids is 2. The number of rotatable bonds is 4. The third-order valence-electron chi connectivity index (χ3n) is 5.10. The van der Waals surface area contributed by atoms with E-state index in [0.29, 0.717) is 35.5 Å². The van der Waals surface area contributed by atoms with Crippen LogP contribution in [0.2, 0.25) is 0 Å². The number of para-hydroxylation sites is 1. The van der Waals surface area contributed by atoms with Gasteiger partial charge < -0.3 is 14.2 Å². The number of allylic oxidation sites excluding steroid dienone is 1. The lowest BCUT2D eigenvalue weighted by Gasteiger charge is -2.37. The van der Waals surface area contributed by atoms with Crippen LogP contribution in [-0.4, -0.2) is 31.1 Å². The minimum Gasteiger partial charge on any atom is -0.496 e. The molecule has 2 aliphatic rings. The highest BCUT2D eigenvalue weighted by Crippen LogP contribution is 2.39. The lowest BCUT2D eigenvalue weighted by atomic mass is 9.77. The standard InChI is InChI=1S/C21H20O5S/c1-24-17-6-3-2-5-14(17)16-12-25-18-11-13(8-9-15(18)20(16)22)26-21(23)19-7-4-10-27-19/h2-7,10,12-13,15,18H,8-9,11H2,1H3. The van der Waals surface area contributed by atoms with Crippen molar-refractivity contribution in [3.05, 3.63) is 58.5 Å². The number of fused-ring (bicyclic) bond motifs is 1. The van der Waals surface area contributed by atoms with Crippen LogP contribution in [0.1, 0.15) is 34.5 Å². The molecule has 140 valence electrons. The molecule has 3 atom stereocenters. The van der Waals surface area contributed by atoms with Crippen molar-refractivity contribution < 1.29 is 23.8 Å². The molecule has 27 heavy (non-hydrogen) atoms. The third-order valence-corrected chi connectivity index (χ3v) is 5.95. The van der Waals surface area contributed by atoms with E-state index < -0.39 is 0 Å². The maximum absolute atomic E-state index is 13.0. The molecule has 5 nitrogen and oxygen atoms in total. The largest absolute Gasteiger partial charge is 0.496 e. The fourth-order valence-electron chi connectivity index (χ4n) is 3.73. The molecule has 0 amide bonds. The van der Waals surface area contributed by atoms with Gasteiger partial charge in [0.05, 0.1) is 24.9 Å². The van der Waals surface area contributed by atoms with E-state index in [0.717, 1.165) is 5.56 Å². The summed E-state index contributed by atoms with van der Waals surface area (Å²) >= 11 is 1.36. The van der Waals surface area contributed by atoms with Gasteiger partial charge in [0, 0.05) is 12.0 Å². The second kappa shape index (κ2) is 7.56. The van der Waals surface area contributed by atoms with Gasteiger partial charge >= 0.3 is 5.97 Å². The summed E-state index contributed by atoms with van der Waals surface area (Å²) in [5.74, 6) is 0.198. The first-order valence-corrected chi connectivity index (χ1v) is 9.83. The maximum atomic E-state index is 13.0. The number of hydrogen-bond acceptors (Lipinski definition) is 6. The monoisotopic (exact) mass is 384 g/mol. The van der Waals surface area contributed by atoms with Gasteiger partial charge in [0.2, 0.25) is 0 Å². The Hall–Kier alpha value is -2.60. The summed E-state index contributed by atoms with van der Waals surface area (Å²) in [4.78, 5) is 25.8. The summed E-state index contributed by atoms with van der Waals surface area (Å²) < 4.78 is 16.9. The van der Waals surface area contributed by atoms with E-state index in [1.54, 1.807) is 13.2 Å². The van der Waals surface area contributed by atoms with Crippen LogP contribution in [0.4, 0.5) is 0 Å². The van der Waals surface area contributed by atoms with Gasteiger partial charge in [0.1, 0.15) is 22.8 Å². The summed E-state index contributed by atoms with van der Waals surface area (Å²) in [7, 11) is 1.59. The average Bonchev–Trinajstić information content (AvgIpc) is 3.23. The number of carbonyl (C=O) groups is 2. The van der Waals surface area contributed by atoms with Gasteiger partial charge in [-0.25, -0.2) is 4.79 Å². The van der Waals surface area contributed by atoms with Crippen molar-refractivity contribution in [3.8, 4) is 5.75 Å². The molecular formula is C21H20O5S. The second-order valence-corrected chi connectivity index (χ2v) is 7.64. The second-order valence-electron chi connectivity index (χ2n) is 6.69. The van der Waals surface area contributed by atoms with Crippen molar-refractivity contribution in [2.75, 3.05) is 7.11 Å². The molecule has 1 aromatic heterocycles. The van der Waals surface area contributed by atoms with E-state index >= 15 is 0 Å². The third kappa shape index (κ3) is 3.49. The lowest BCUT2D eigenvalue weighted by Crippen LogP contribution is -2.41. The molecule has 2 heterocycles. The molecule has 3 unspecified atom stereocenters. The first-order chi connectivity index (χ1) is 13.2.